The van der Waals surface area contributed by atoms with E-state index in [-0.39, 0.29) is 10.8 Å². The fraction of sp³-hybridized carbons (Fsp3) is 0.400. The van der Waals surface area contributed by atoms with Gasteiger partial charge in [0.2, 0.25) is 0 Å². The van der Waals surface area contributed by atoms with Gasteiger partial charge in [-0.3, -0.25) is 0 Å². The van der Waals surface area contributed by atoms with E-state index in [1.54, 1.807) is 13.8 Å². The van der Waals surface area contributed by atoms with Crippen molar-refractivity contribution in [3.8, 4) is 5.75 Å². The van der Waals surface area contributed by atoms with Crippen LogP contribution in [0.15, 0.2) is 12.1 Å². The van der Waals surface area contributed by atoms with E-state index in [2.05, 4.69) is 0 Å². The molecule has 0 unspecified atom stereocenters. The Labute approximate surface area is 87.5 Å². The normalized spacial score (nSPS) is 11.8. The summed E-state index contributed by atoms with van der Waals surface area (Å²) in [6, 6.07) is 2.86. The number of phenols is 1. The molecular weight excluding hydrogens is 205 g/mol. The minimum atomic E-state index is -0.592. The zero-order valence-electron chi connectivity index (χ0n) is 8.14. The second kappa shape index (κ2) is 3.75. The SMILES string of the molecule is CC(C)(N)Cc1ccc(O)c(Cl)c1F. The molecule has 0 aliphatic heterocycles. The fourth-order valence-electron chi connectivity index (χ4n) is 1.21. The van der Waals surface area contributed by atoms with Crippen molar-refractivity contribution in [3.05, 3.63) is 28.5 Å². The smallest absolute Gasteiger partial charge is 0.148 e. The molecular formula is C10H13ClFNO. The first kappa shape index (κ1) is 11.3. The summed E-state index contributed by atoms with van der Waals surface area (Å²) in [6.45, 7) is 3.60. The van der Waals surface area contributed by atoms with Crippen LogP contribution in [-0.4, -0.2) is 10.6 Å². The Kier molecular flexibility index (Phi) is 3.02. The number of hydrogen-bond donors (Lipinski definition) is 2. The van der Waals surface area contributed by atoms with Gasteiger partial charge in [0.05, 0.1) is 0 Å². The maximum atomic E-state index is 13.4. The predicted octanol–water partition coefficient (Wildman–Crippen LogP) is 2.46. The lowest BCUT2D eigenvalue weighted by molar-refractivity contribution is 0.462. The van der Waals surface area contributed by atoms with Crippen LogP contribution in [0.5, 0.6) is 5.75 Å². The number of aromatic hydroxyl groups is 1. The lowest BCUT2D eigenvalue weighted by Gasteiger charge is -2.19. The Morgan fingerprint density at radius 3 is 2.57 bits per heavy atom. The minimum Gasteiger partial charge on any atom is -0.506 e. The second-order valence-electron chi connectivity index (χ2n) is 4.04. The van der Waals surface area contributed by atoms with E-state index in [1.165, 1.54) is 12.1 Å². The highest BCUT2D eigenvalue weighted by Gasteiger charge is 2.17. The van der Waals surface area contributed by atoms with Gasteiger partial charge in [0.1, 0.15) is 16.6 Å². The molecule has 0 bridgehead atoms. The summed E-state index contributed by atoms with van der Waals surface area (Å²) < 4.78 is 13.4. The Bertz CT molecular complexity index is 347. The Hall–Kier alpha value is -0.800. The summed E-state index contributed by atoms with van der Waals surface area (Å²) in [5.74, 6) is -0.840. The molecule has 0 saturated heterocycles. The molecule has 1 aromatic carbocycles. The Morgan fingerprint density at radius 1 is 1.50 bits per heavy atom. The van der Waals surface area contributed by atoms with Crippen molar-refractivity contribution in [2.24, 2.45) is 5.73 Å². The first-order chi connectivity index (χ1) is 6.31. The van der Waals surface area contributed by atoms with Crippen LogP contribution in [0.1, 0.15) is 19.4 Å². The van der Waals surface area contributed by atoms with Gasteiger partial charge in [-0.2, -0.15) is 0 Å². The summed E-state index contributed by atoms with van der Waals surface area (Å²) >= 11 is 5.55. The average Bonchev–Trinajstić information content (AvgIpc) is 2.04. The molecule has 0 saturated carbocycles. The quantitative estimate of drug-likeness (QED) is 0.800. The number of nitrogens with two attached hydrogens (primary N) is 1. The van der Waals surface area contributed by atoms with E-state index in [9.17, 15) is 4.39 Å². The zero-order chi connectivity index (χ0) is 10.9. The maximum absolute atomic E-state index is 13.4. The molecule has 1 aromatic rings. The summed E-state index contributed by atoms with van der Waals surface area (Å²) in [5, 5.41) is 8.88. The Balaban J connectivity index is 3.06. The molecule has 0 fully saturated rings. The van der Waals surface area contributed by atoms with E-state index < -0.39 is 11.4 Å². The first-order valence-electron chi connectivity index (χ1n) is 4.26. The third-order valence-corrected chi connectivity index (χ3v) is 2.15. The van der Waals surface area contributed by atoms with Gasteiger partial charge < -0.3 is 10.8 Å². The highest BCUT2D eigenvalue weighted by Crippen LogP contribution is 2.29. The molecule has 78 valence electrons. The van der Waals surface area contributed by atoms with Crippen molar-refractivity contribution >= 4 is 11.6 Å². The van der Waals surface area contributed by atoms with Crippen molar-refractivity contribution in [3.63, 3.8) is 0 Å². The van der Waals surface area contributed by atoms with Crippen molar-refractivity contribution < 1.29 is 9.50 Å². The molecule has 0 atom stereocenters. The van der Waals surface area contributed by atoms with E-state index in [0.29, 0.717) is 12.0 Å². The van der Waals surface area contributed by atoms with Gasteiger partial charge in [0.25, 0.3) is 0 Å². The van der Waals surface area contributed by atoms with Gasteiger partial charge in [0.15, 0.2) is 0 Å². The molecule has 0 spiro atoms. The van der Waals surface area contributed by atoms with Crippen molar-refractivity contribution in [1.82, 2.24) is 0 Å². The highest BCUT2D eigenvalue weighted by atomic mass is 35.5. The van der Waals surface area contributed by atoms with Crippen LogP contribution >= 0.6 is 11.6 Å². The van der Waals surface area contributed by atoms with Crippen molar-refractivity contribution in [2.75, 3.05) is 0 Å². The molecule has 14 heavy (non-hydrogen) atoms. The molecule has 1 rings (SSSR count). The van der Waals surface area contributed by atoms with E-state index >= 15 is 0 Å². The third kappa shape index (κ3) is 2.59. The minimum absolute atomic E-state index is 0.244. The zero-order valence-corrected chi connectivity index (χ0v) is 8.90. The lowest BCUT2D eigenvalue weighted by Crippen LogP contribution is -2.34. The van der Waals surface area contributed by atoms with Gasteiger partial charge in [-0.05, 0) is 31.9 Å². The van der Waals surface area contributed by atoms with Gasteiger partial charge in [-0.1, -0.05) is 17.7 Å². The summed E-state index contributed by atoms with van der Waals surface area (Å²) in [4.78, 5) is 0. The largest absolute Gasteiger partial charge is 0.506 e. The van der Waals surface area contributed by atoms with Crippen molar-refractivity contribution in [1.29, 1.82) is 0 Å². The molecule has 0 aliphatic rings. The summed E-state index contributed by atoms with van der Waals surface area (Å²) in [7, 11) is 0. The summed E-state index contributed by atoms with van der Waals surface area (Å²) in [5.41, 5.74) is 5.67. The van der Waals surface area contributed by atoms with Crippen LogP contribution in [0.4, 0.5) is 4.39 Å². The summed E-state index contributed by atoms with van der Waals surface area (Å²) in [6.07, 6.45) is 0.374. The highest BCUT2D eigenvalue weighted by molar-refractivity contribution is 6.32. The average molecular weight is 218 g/mol. The standard InChI is InChI=1S/C10H13ClFNO/c1-10(2,13)5-6-3-4-7(14)8(11)9(6)12/h3-4,14H,5,13H2,1-2H3. The second-order valence-corrected chi connectivity index (χ2v) is 4.42. The number of hydrogen-bond acceptors (Lipinski definition) is 2. The van der Waals surface area contributed by atoms with E-state index in [4.69, 9.17) is 22.4 Å². The fourth-order valence-corrected chi connectivity index (χ4v) is 1.39. The van der Waals surface area contributed by atoms with Gasteiger partial charge in [0, 0.05) is 5.54 Å². The molecule has 3 N–H and O–H groups in total. The van der Waals surface area contributed by atoms with Crippen LogP contribution in [0.25, 0.3) is 0 Å². The molecule has 0 amide bonds. The van der Waals surface area contributed by atoms with Crippen LogP contribution in [0.2, 0.25) is 5.02 Å². The van der Waals surface area contributed by atoms with Crippen molar-refractivity contribution in [2.45, 2.75) is 25.8 Å². The number of rotatable bonds is 2. The van der Waals surface area contributed by atoms with E-state index in [0.717, 1.165) is 0 Å². The van der Waals surface area contributed by atoms with Gasteiger partial charge in [-0.25, -0.2) is 4.39 Å². The molecule has 0 aromatic heterocycles. The molecule has 0 heterocycles. The van der Waals surface area contributed by atoms with Gasteiger partial charge in [-0.15, -0.1) is 0 Å². The maximum Gasteiger partial charge on any atom is 0.148 e. The predicted molar refractivity (Wildman–Crippen MR) is 55.0 cm³/mol. The number of halogens is 2. The van der Waals surface area contributed by atoms with Crippen LogP contribution in [-0.2, 0) is 6.42 Å². The topological polar surface area (TPSA) is 46.2 Å². The number of benzene rings is 1. The molecule has 2 nitrogen and oxygen atoms in total. The third-order valence-electron chi connectivity index (χ3n) is 1.79. The Morgan fingerprint density at radius 2 is 2.07 bits per heavy atom. The molecule has 0 radical (unpaired) electrons. The van der Waals surface area contributed by atoms with E-state index in [1.807, 2.05) is 0 Å². The van der Waals surface area contributed by atoms with Crippen LogP contribution < -0.4 is 5.73 Å². The van der Waals surface area contributed by atoms with Crippen LogP contribution in [0.3, 0.4) is 0 Å². The lowest BCUT2D eigenvalue weighted by atomic mass is 9.96. The van der Waals surface area contributed by atoms with Gasteiger partial charge >= 0.3 is 0 Å². The number of phenolic OH excluding ortho intramolecular Hbond substituents is 1. The molecule has 0 aliphatic carbocycles. The van der Waals surface area contributed by atoms with Crippen LogP contribution in [0, 0.1) is 5.82 Å². The monoisotopic (exact) mass is 217 g/mol. The molecule has 4 heteroatoms. The first-order valence-corrected chi connectivity index (χ1v) is 4.64.